The van der Waals surface area contributed by atoms with Crippen LogP contribution in [0.3, 0.4) is 0 Å². The Morgan fingerprint density at radius 2 is 2.33 bits per heavy atom. The average Bonchev–Trinajstić information content (AvgIpc) is 2.78. The molecule has 2 fully saturated rings. The third-order valence-electron chi connectivity index (χ3n) is 4.16. The van der Waals surface area contributed by atoms with E-state index < -0.39 is 5.60 Å². The van der Waals surface area contributed by atoms with Crippen molar-refractivity contribution in [3.8, 4) is 0 Å². The zero-order valence-corrected chi connectivity index (χ0v) is 8.89. The summed E-state index contributed by atoms with van der Waals surface area (Å²) in [6.45, 7) is 0. The maximum absolute atomic E-state index is 10.6. The van der Waals surface area contributed by atoms with E-state index in [0.29, 0.717) is 5.92 Å². The van der Waals surface area contributed by atoms with Crippen LogP contribution in [-0.2, 0) is 6.42 Å². The van der Waals surface area contributed by atoms with Gasteiger partial charge in [0.05, 0.1) is 5.60 Å². The molecule has 0 aromatic carbocycles. The monoisotopic (exact) mass is 203 g/mol. The highest BCUT2D eigenvalue weighted by Crippen LogP contribution is 2.51. The quantitative estimate of drug-likeness (QED) is 0.799. The molecule has 2 nitrogen and oxygen atoms in total. The number of pyridine rings is 1. The van der Waals surface area contributed by atoms with E-state index >= 15 is 0 Å². The predicted octanol–water partition coefficient (Wildman–Crippen LogP) is 2.18. The Morgan fingerprint density at radius 1 is 1.40 bits per heavy atom. The number of rotatable bonds is 2. The molecule has 3 atom stereocenters. The summed E-state index contributed by atoms with van der Waals surface area (Å²) in [5, 5.41) is 10.6. The van der Waals surface area contributed by atoms with E-state index in [-0.39, 0.29) is 0 Å². The molecule has 15 heavy (non-hydrogen) atoms. The van der Waals surface area contributed by atoms with Crippen molar-refractivity contribution in [3.63, 3.8) is 0 Å². The second kappa shape index (κ2) is 3.31. The third-order valence-corrected chi connectivity index (χ3v) is 4.16. The minimum atomic E-state index is -0.447. The van der Waals surface area contributed by atoms with Gasteiger partial charge in [-0.15, -0.1) is 0 Å². The Balaban J connectivity index is 1.78. The van der Waals surface area contributed by atoms with Crippen molar-refractivity contribution >= 4 is 0 Å². The van der Waals surface area contributed by atoms with Gasteiger partial charge in [0.15, 0.2) is 0 Å². The summed E-state index contributed by atoms with van der Waals surface area (Å²) in [4.78, 5) is 4.31. The van der Waals surface area contributed by atoms with Crippen LogP contribution in [-0.4, -0.2) is 15.7 Å². The second-order valence-electron chi connectivity index (χ2n) is 5.18. The van der Waals surface area contributed by atoms with Crippen LogP contribution in [0.25, 0.3) is 0 Å². The molecule has 2 saturated carbocycles. The molecule has 1 aromatic rings. The van der Waals surface area contributed by atoms with Gasteiger partial charge in [0.25, 0.3) is 0 Å². The lowest BCUT2D eigenvalue weighted by atomic mass is 9.81. The zero-order valence-electron chi connectivity index (χ0n) is 8.89. The van der Waals surface area contributed by atoms with Crippen molar-refractivity contribution in [3.05, 3.63) is 30.1 Å². The molecule has 0 amide bonds. The van der Waals surface area contributed by atoms with E-state index in [1.807, 2.05) is 24.4 Å². The number of nitrogens with zero attached hydrogens (tertiary/aromatic N) is 1. The van der Waals surface area contributed by atoms with Crippen molar-refractivity contribution < 1.29 is 5.11 Å². The Morgan fingerprint density at radius 3 is 2.93 bits per heavy atom. The topological polar surface area (TPSA) is 33.1 Å². The molecule has 2 bridgehead atoms. The van der Waals surface area contributed by atoms with Gasteiger partial charge in [-0.05, 0) is 49.7 Å². The Labute approximate surface area is 90.4 Å². The first kappa shape index (κ1) is 9.34. The van der Waals surface area contributed by atoms with E-state index in [2.05, 4.69) is 4.98 Å². The number of fused-ring (bicyclic) bond motifs is 2. The van der Waals surface area contributed by atoms with Gasteiger partial charge >= 0.3 is 0 Å². The molecule has 2 heteroatoms. The highest BCUT2D eigenvalue weighted by molar-refractivity contribution is 5.11. The minimum absolute atomic E-state index is 0.447. The summed E-state index contributed by atoms with van der Waals surface area (Å²) >= 11 is 0. The summed E-state index contributed by atoms with van der Waals surface area (Å²) in [6, 6.07) is 5.94. The zero-order chi connectivity index (χ0) is 10.3. The molecule has 3 unspecified atom stereocenters. The molecule has 80 valence electrons. The molecule has 1 N–H and O–H groups in total. The lowest BCUT2D eigenvalue weighted by molar-refractivity contribution is -0.0132. The first-order chi connectivity index (χ1) is 7.26. The molecule has 2 aliphatic rings. The van der Waals surface area contributed by atoms with Crippen molar-refractivity contribution in [2.24, 2.45) is 11.8 Å². The van der Waals surface area contributed by atoms with Crippen LogP contribution in [0, 0.1) is 11.8 Å². The highest BCUT2D eigenvalue weighted by Gasteiger charge is 2.49. The predicted molar refractivity (Wildman–Crippen MR) is 58.3 cm³/mol. The average molecular weight is 203 g/mol. The van der Waals surface area contributed by atoms with Gasteiger partial charge < -0.3 is 5.11 Å². The van der Waals surface area contributed by atoms with Crippen LogP contribution in [0.4, 0.5) is 0 Å². The van der Waals surface area contributed by atoms with E-state index in [1.54, 1.807) is 0 Å². The van der Waals surface area contributed by atoms with Crippen LogP contribution in [0.15, 0.2) is 24.4 Å². The number of aromatic nitrogens is 1. The summed E-state index contributed by atoms with van der Waals surface area (Å²) in [6.07, 6.45) is 7.33. The number of hydrogen-bond donors (Lipinski definition) is 1. The molecule has 3 rings (SSSR count). The summed E-state index contributed by atoms with van der Waals surface area (Å²) in [5.41, 5.74) is 0.588. The maximum atomic E-state index is 10.6. The molecule has 0 spiro atoms. The first-order valence-electron chi connectivity index (χ1n) is 5.88. The number of hydrogen-bond acceptors (Lipinski definition) is 2. The van der Waals surface area contributed by atoms with Crippen molar-refractivity contribution in [2.75, 3.05) is 0 Å². The van der Waals surface area contributed by atoms with Gasteiger partial charge in [-0.1, -0.05) is 6.07 Å². The van der Waals surface area contributed by atoms with Crippen molar-refractivity contribution in [1.29, 1.82) is 0 Å². The van der Waals surface area contributed by atoms with E-state index in [0.717, 1.165) is 24.5 Å². The van der Waals surface area contributed by atoms with Crippen molar-refractivity contribution in [2.45, 2.75) is 37.7 Å². The van der Waals surface area contributed by atoms with E-state index in [9.17, 15) is 5.11 Å². The lowest BCUT2D eigenvalue weighted by Crippen LogP contribution is -2.37. The number of aliphatic hydroxyl groups is 1. The molecule has 0 saturated heterocycles. The lowest BCUT2D eigenvalue weighted by Gasteiger charge is -2.32. The maximum Gasteiger partial charge on any atom is 0.0733 e. The van der Waals surface area contributed by atoms with Crippen LogP contribution in [0.5, 0.6) is 0 Å². The fourth-order valence-corrected chi connectivity index (χ4v) is 3.45. The van der Waals surface area contributed by atoms with E-state index in [1.165, 1.54) is 19.3 Å². The van der Waals surface area contributed by atoms with Crippen LogP contribution in [0.2, 0.25) is 0 Å². The summed E-state index contributed by atoms with van der Waals surface area (Å²) < 4.78 is 0. The molecule has 0 aliphatic heterocycles. The van der Waals surface area contributed by atoms with Gasteiger partial charge in [-0.2, -0.15) is 0 Å². The first-order valence-corrected chi connectivity index (χ1v) is 5.88. The molecule has 0 radical (unpaired) electrons. The Bertz CT molecular complexity index is 351. The largest absolute Gasteiger partial charge is 0.389 e. The molecule has 2 aliphatic carbocycles. The fourth-order valence-electron chi connectivity index (χ4n) is 3.45. The fraction of sp³-hybridized carbons (Fsp3) is 0.615. The summed E-state index contributed by atoms with van der Waals surface area (Å²) in [5.74, 6) is 1.31. The van der Waals surface area contributed by atoms with Gasteiger partial charge in [0.2, 0.25) is 0 Å². The van der Waals surface area contributed by atoms with E-state index in [4.69, 9.17) is 0 Å². The molecular weight excluding hydrogens is 186 g/mol. The molecular formula is C13H17NO. The van der Waals surface area contributed by atoms with Crippen molar-refractivity contribution in [1.82, 2.24) is 4.98 Å². The van der Waals surface area contributed by atoms with Gasteiger partial charge in [-0.25, -0.2) is 0 Å². The highest BCUT2D eigenvalue weighted by atomic mass is 16.3. The Hall–Kier alpha value is -0.890. The second-order valence-corrected chi connectivity index (χ2v) is 5.18. The molecule has 1 aromatic heterocycles. The van der Waals surface area contributed by atoms with Crippen LogP contribution in [0.1, 0.15) is 31.4 Å². The van der Waals surface area contributed by atoms with Gasteiger partial charge in [0, 0.05) is 18.3 Å². The molecule has 1 heterocycles. The van der Waals surface area contributed by atoms with Crippen LogP contribution >= 0.6 is 0 Å². The standard InChI is InChI=1S/C13H17NO/c15-13(8-10-4-5-11(13)7-10)9-12-3-1-2-6-14-12/h1-3,6,10-11,15H,4-5,7-9H2. The van der Waals surface area contributed by atoms with Gasteiger partial charge in [-0.3, -0.25) is 4.98 Å². The van der Waals surface area contributed by atoms with Crippen LogP contribution < -0.4 is 0 Å². The third kappa shape index (κ3) is 1.57. The van der Waals surface area contributed by atoms with Gasteiger partial charge in [0.1, 0.15) is 0 Å². The summed E-state index contributed by atoms with van der Waals surface area (Å²) in [7, 11) is 0. The minimum Gasteiger partial charge on any atom is -0.389 e. The SMILES string of the molecule is OC1(Cc2ccccn2)CC2CCC1C2. The normalized spacial score (nSPS) is 38.5. The Kier molecular flexibility index (Phi) is 2.06. The smallest absolute Gasteiger partial charge is 0.0733 e.